The van der Waals surface area contributed by atoms with Crippen LogP contribution in [0.2, 0.25) is 0 Å². The number of rotatable bonds is 5. The van der Waals surface area contributed by atoms with Gasteiger partial charge in [0.05, 0.1) is 24.7 Å². The number of nitrogens with zero attached hydrogens (tertiary/aromatic N) is 3. The maximum atomic E-state index is 9.59. The second-order valence-electron chi connectivity index (χ2n) is 6.27. The van der Waals surface area contributed by atoms with E-state index in [0.717, 1.165) is 27.8 Å². The van der Waals surface area contributed by atoms with E-state index < -0.39 is 0 Å². The highest BCUT2D eigenvalue weighted by Gasteiger charge is 2.10. The van der Waals surface area contributed by atoms with Crippen LogP contribution in [-0.2, 0) is 0 Å². The molecule has 0 saturated heterocycles. The summed E-state index contributed by atoms with van der Waals surface area (Å²) >= 11 is 0.666. The van der Waals surface area contributed by atoms with Crippen LogP contribution in [0.1, 0.15) is 0 Å². The van der Waals surface area contributed by atoms with E-state index in [9.17, 15) is 4.55 Å². The molecular formula is C22H18N4O2S. The predicted molar refractivity (Wildman–Crippen MR) is 117 cm³/mol. The first-order chi connectivity index (χ1) is 14.2. The molecule has 7 heteroatoms. The number of hydrogen-bond acceptors (Lipinski definition) is 7. The van der Waals surface area contributed by atoms with Crippen molar-refractivity contribution in [1.29, 1.82) is 0 Å². The van der Waals surface area contributed by atoms with Crippen LogP contribution in [0.4, 0.5) is 17.1 Å². The predicted octanol–water partition coefficient (Wildman–Crippen LogP) is 6.47. The van der Waals surface area contributed by atoms with Crippen LogP contribution < -0.4 is 10.5 Å². The summed E-state index contributed by atoms with van der Waals surface area (Å²) in [5, 5.41) is 10.2. The molecule has 6 nitrogen and oxygen atoms in total. The normalized spacial score (nSPS) is 11.2. The number of nitrogen functional groups attached to an aromatic ring is 1. The molecule has 1 heterocycles. The van der Waals surface area contributed by atoms with Crippen LogP contribution in [0.25, 0.3) is 22.0 Å². The van der Waals surface area contributed by atoms with Gasteiger partial charge < -0.3 is 15.0 Å². The van der Waals surface area contributed by atoms with E-state index in [4.69, 9.17) is 10.5 Å². The highest BCUT2D eigenvalue weighted by molar-refractivity contribution is 7.94. The average Bonchev–Trinajstić information content (AvgIpc) is 2.79. The molecule has 0 aliphatic carbocycles. The number of pyridine rings is 1. The molecule has 29 heavy (non-hydrogen) atoms. The first-order valence-corrected chi connectivity index (χ1v) is 9.62. The summed E-state index contributed by atoms with van der Waals surface area (Å²) in [5.41, 5.74) is 9.70. The van der Waals surface area contributed by atoms with E-state index in [0.29, 0.717) is 34.0 Å². The fourth-order valence-electron chi connectivity index (χ4n) is 3.00. The number of ether oxygens (including phenoxy) is 1. The molecular weight excluding hydrogens is 384 g/mol. The van der Waals surface area contributed by atoms with E-state index in [2.05, 4.69) is 15.2 Å². The zero-order valence-corrected chi connectivity index (χ0v) is 16.4. The van der Waals surface area contributed by atoms with Gasteiger partial charge in [-0.15, -0.1) is 10.2 Å². The first-order valence-electron chi connectivity index (χ1n) is 8.84. The van der Waals surface area contributed by atoms with Gasteiger partial charge in [0.15, 0.2) is 0 Å². The third-order valence-corrected chi connectivity index (χ3v) is 5.07. The number of benzene rings is 3. The fraction of sp³-hybridized carbons (Fsp3) is 0.0455. The molecule has 4 rings (SSSR count). The Morgan fingerprint density at radius 1 is 0.966 bits per heavy atom. The van der Waals surface area contributed by atoms with Gasteiger partial charge in [-0.1, -0.05) is 24.3 Å². The molecule has 0 aliphatic rings. The van der Waals surface area contributed by atoms with Crippen LogP contribution in [0.3, 0.4) is 0 Å². The zero-order chi connectivity index (χ0) is 20.2. The largest absolute Gasteiger partial charge is 0.497 e. The van der Waals surface area contributed by atoms with E-state index in [1.165, 1.54) is 0 Å². The van der Waals surface area contributed by atoms with Crippen molar-refractivity contribution in [2.45, 2.75) is 4.90 Å². The monoisotopic (exact) mass is 402 g/mol. The van der Waals surface area contributed by atoms with E-state index >= 15 is 0 Å². The van der Waals surface area contributed by atoms with Gasteiger partial charge in [-0.05, 0) is 47.9 Å². The lowest BCUT2D eigenvalue weighted by Gasteiger charge is -2.08. The van der Waals surface area contributed by atoms with Crippen LogP contribution in [0.5, 0.6) is 5.75 Å². The Balaban J connectivity index is 1.61. The molecule has 0 unspecified atom stereocenters. The SMILES string of the molecule is COc1ccc(-c2ccc(/N=N/c3cc(SO)c4ccccc4c3N)cn2)cc1. The van der Waals surface area contributed by atoms with Crippen LogP contribution in [0, 0.1) is 0 Å². The number of fused-ring (bicyclic) bond motifs is 1. The van der Waals surface area contributed by atoms with Crippen LogP contribution >= 0.6 is 12.0 Å². The third kappa shape index (κ3) is 3.91. The summed E-state index contributed by atoms with van der Waals surface area (Å²) in [7, 11) is 1.64. The molecule has 0 fully saturated rings. The van der Waals surface area contributed by atoms with Crippen molar-refractivity contribution in [3.05, 3.63) is 72.9 Å². The van der Waals surface area contributed by atoms with E-state index in [1.807, 2.05) is 60.7 Å². The Morgan fingerprint density at radius 3 is 2.38 bits per heavy atom. The van der Waals surface area contributed by atoms with Crippen molar-refractivity contribution in [2.75, 3.05) is 12.8 Å². The Bertz CT molecular complexity index is 1180. The van der Waals surface area contributed by atoms with Gasteiger partial charge in [0.25, 0.3) is 0 Å². The van der Waals surface area contributed by atoms with Crippen LogP contribution in [0.15, 0.2) is 88.1 Å². The summed E-state index contributed by atoms with van der Waals surface area (Å²) in [4.78, 5) is 5.13. The molecule has 0 radical (unpaired) electrons. The summed E-state index contributed by atoms with van der Waals surface area (Å²) in [6, 6.07) is 20.7. The highest BCUT2D eigenvalue weighted by atomic mass is 32.2. The van der Waals surface area contributed by atoms with Crippen molar-refractivity contribution in [2.24, 2.45) is 10.2 Å². The molecule has 144 valence electrons. The lowest BCUT2D eigenvalue weighted by atomic mass is 10.1. The molecule has 0 aliphatic heterocycles. The summed E-state index contributed by atoms with van der Waals surface area (Å²) in [5.74, 6) is 0.799. The fourth-order valence-corrected chi connectivity index (χ4v) is 3.44. The Labute approximate surface area is 172 Å². The topological polar surface area (TPSA) is 93.1 Å². The second-order valence-corrected chi connectivity index (χ2v) is 6.90. The zero-order valence-electron chi connectivity index (χ0n) is 15.6. The summed E-state index contributed by atoms with van der Waals surface area (Å²) in [6.07, 6.45) is 1.65. The van der Waals surface area contributed by atoms with Crippen molar-refractivity contribution >= 4 is 39.9 Å². The number of aromatic nitrogens is 1. The highest BCUT2D eigenvalue weighted by Crippen LogP contribution is 2.38. The van der Waals surface area contributed by atoms with Gasteiger partial charge >= 0.3 is 0 Å². The second kappa shape index (κ2) is 8.30. The lowest BCUT2D eigenvalue weighted by molar-refractivity contribution is 0.415. The van der Waals surface area contributed by atoms with Crippen LogP contribution in [-0.4, -0.2) is 16.6 Å². The summed E-state index contributed by atoms with van der Waals surface area (Å²) in [6.45, 7) is 0. The minimum Gasteiger partial charge on any atom is -0.497 e. The van der Waals surface area contributed by atoms with Crippen molar-refractivity contribution < 1.29 is 9.29 Å². The van der Waals surface area contributed by atoms with Gasteiger partial charge in [0.1, 0.15) is 17.1 Å². The van der Waals surface area contributed by atoms with Gasteiger partial charge in [0.2, 0.25) is 0 Å². The van der Waals surface area contributed by atoms with E-state index in [-0.39, 0.29) is 0 Å². The summed E-state index contributed by atoms with van der Waals surface area (Å²) < 4.78 is 14.8. The van der Waals surface area contributed by atoms with Crippen molar-refractivity contribution in [3.63, 3.8) is 0 Å². The molecule has 0 saturated carbocycles. The molecule has 1 aromatic heterocycles. The number of nitrogens with two attached hydrogens (primary N) is 1. The number of anilines is 1. The van der Waals surface area contributed by atoms with E-state index in [1.54, 1.807) is 19.4 Å². The minimum atomic E-state index is 0.500. The minimum absolute atomic E-state index is 0.500. The number of azo groups is 1. The molecule has 0 amide bonds. The standard InChI is InChI=1S/C22H18N4O2S/c1-28-16-9-6-14(7-10-16)19-11-8-15(13-24-19)25-26-20-12-21(29-27)17-4-2-3-5-18(17)22(20)23/h2-13,27H,23H2,1H3/b26-25+. The molecule has 0 bridgehead atoms. The number of methoxy groups -OCH3 is 1. The Kier molecular flexibility index (Phi) is 5.41. The maximum absolute atomic E-state index is 9.59. The Morgan fingerprint density at radius 2 is 1.72 bits per heavy atom. The molecule has 3 N–H and O–H groups in total. The van der Waals surface area contributed by atoms with Gasteiger partial charge in [-0.2, -0.15) is 0 Å². The quantitative estimate of drug-likeness (QED) is 0.227. The number of hydrogen-bond donors (Lipinski definition) is 2. The Hall–Kier alpha value is -3.42. The molecule has 3 aromatic carbocycles. The average molecular weight is 402 g/mol. The lowest BCUT2D eigenvalue weighted by Crippen LogP contribution is -1.89. The van der Waals surface area contributed by atoms with Gasteiger partial charge in [0, 0.05) is 27.9 Å². The molecule has 0 atom stereocenters. The molecule has 0 spiro atoms. The smallest absolute Gasteiger partial charge is 0.118 e. The first kappa shape index (κ1) is 18.9. The maximum Gasteiger partial charge on any atom is 0.118 e. The van der Waals surface area contributed by atoms with Gasteiger partial charge in [-0.3, -0.25) is 4.98 Å². The van der Waals surface area contributed by atoms with Gasteiger partial charge in [-0.25, -0.2) is 0 Å². The van der Waals surface area contributed by atoms with Crippen molar-refractivity contribution in [1.82, 2.24) is 4.98 Å². The van der Waals surface area contributed by atoms with Crippen molar-refractivity contribution in [3.8, 4) is 17.0 Å². The third-order valence-electron chi connectivity index (χ3n) is 4.53. The molecule has 4 aromatic rings.